The molecule has 3 aromatic carbocycles. The van der Waals surface area contributed by atoms with Gasteiger partial charge in [-0.25, -0.2) is 0 Å². The summed E-state index contributed by atoms with van der Waals surface area (Å²) in [5.74, 6) is 0.914. The zero-order valence-electron chi connectivity index (χ0n) is 18.0. The van der Waals surface area contributed by atoms with Crippen molar-refractivity contribution in [2.45, 2.75) is 27.2 Å². The number of carbonyl (C=O) groups is 2. The van der Waals surface area contributed by atoms with Crippen molar-refractivity contribution < 1.29 is 14.3 Å². The Kier molecular flexibility index (Phi) is 5.76. The predicted octanol–water partition coefficient (Wildman–Crippen LogP) is 5.40. The lowest BCUT2D eigenvalue weighted by Crippen LogP contribution is -2.28. The third-order valence-electron chi connectivity index (χ3n) is 5.74. The lowest BCUT2D eigenvalue weighted by Gasteiger charge is -2.20. The van der Waals surface area contributed by atoms with Crippen LogP contribution in [0.2, 0.25) is 0 Å². The van der Waals surface area contributed by atoms with Gasteiger partial charge in [-0.2, -0.15) is 0 Å². The van der Waals surface area contributed by atoms with E-state index in [1.807, 2.05) is 75.4 Å². The van der Waals surface area contributed by atoms with Crippen LogP contribution in [-0.2, 0) is 9.59 Å². The summed E-state index contributed by atoms with van der Waals surface area (Å²) >= 11 is 0. The molecule has 0 saturated carbocycles. The second kappa shape index (κ2) is 8.64. The number of amides is 2. The summed E-state index contributed by atoms with van der Waals surface area (Å²) in [5.41, 5.74) is 4.94. The van der Waals surface area contributed by atoms with E-state index in [1.54, 1.807) is 17.0 Å². The van der Waals surface area contributed by atoms with Crippen LogP contribution in [0.5, 0.6) is 11.5 Å². The van der Waals surface area contributed by atoms with Crippen molar-refractivity contribution in [3.05, 3.63) is 83.4 Å². The molecule has 5 heteroatoms. The van der Waals surface area contributed by atoms with Crippen molar-refractivity contribution in [1.29, 1.82) is 0 Å². The quantitative estimate of drug-likeness (QED) is 0.608. The van der Waals surface area contributed by atoms with Crippen LogP contribution in [0.3, 0.4) is 0 Å². The number of hydrogen-bond donors (Lipinski definition) is 1. The highest BCUT2D eigenvalue weighted by Gasteiger charge is 2.35. The van der Waals surface area contributed by atoms with Crippen LogP contribution in [0.15, 0.2) is 66.7 Å². The van der Waals surface area contributed by atoms with Gasteiger partial charge >= 0.3 is 0 Å². The van der Waals surface area contributed by atoms with Crippen molar-refractivity contribution in [2.75, 3.05) is 16.8 Å². The Morgan fingerprint density at radius 1 is 0.935 bits per heavy atom. The molecule has 0 unspecified atom stereocenters. The van der Waals surface area contributed by atoms with E-state index in [2.05, 4.69) is 5.32 Å². The maximum absolute atomic E-state index is 12.8. The van der Waals surface area contributed by atoms with Gasteiger partial charge in [0.15, 0.2) is 0 Å². The standard InChI is InChI=1S/C26H26N2O3/c1-17-7-11-22(12-8-17)31-23-13-9-21(10-14-23)27-26(30)20-15-25(29)28(16-20)24-6-4-5-18(2)19(24)3/h4-14,20H,15-16H2,1-3H3,(H,27,30)/t20-/m0/s1. The molecule has 0 bridgehead atoms. The largest absolute Gasteiger partial charge is 0.457 e. The van der Waals surface area contributed by atoms with Crippen molar-refractivity contribution in [1.82, 2.24) is 0 Å². The highest BCUT2D eigenvalue weighted by atomic mass is 16.5. The molecule has 0 spiro atoms. The fourth-order valence-corrected chi connectivity index (χ4v) is 3.74. The molecular formula is C26H26N2O3. The van der Waals surface area contributed by atoms with Crippen LogP contribution in [0.4, 0.5) is 11.4 Å². The Morgan fingerprint density at radius 3 is 2.26 bits per heavy atom. The predicted molar refractivity (Wildman–Crippen MR) is 123 cm³/mol. The minimum Gasteiger partial charge on any atom is -0.457 e. The first-order valence-electron chi connectivity index (χ1n) is 10.4. The monoisotopic (exact) mass is 414 g/mol. The molecule has 2 amide bonds. The number of anilines is 2. The fraction of sp³-hybridized carbons (Fsp3) is 0.231. The molecule has 158 valence electrons. The summed E-state index contributed by atoms with van der Waals surface area (Å²) in [7, 11) is 0. The zero-order valence-corrected chi connectivity index (χ0v) is 18.0. The van der Waals surface area contributed by atoms with Gasteiger partial charge in [0.2, 0.25) is 11.8 Å². The van der Waals surface area contributed by atoms with Gasteiger partial charge in [-0.1, -0.05) is 29.8 Å². The fourth-order valence-electron chi connectivity index (χ4n) is 3.74. The van der Waals surface area contributed by atoms with Crippen LogP contribution >= 0.6 is 0 Å². The number of rotatable bonds is 5. The number of ether oxygens (including phenoxy) is 1. The van der Waals surface area contributed by atoms with Crippen LogP contribution < -0.4 is 15.0 Å². The zero-order chi connectivity index (χ0) is 22.0. The smallest absolute Gasteiger partial charge is 0.229 e. The lowest BCUT2D eigenvalue weighted by molar-refractivity contribution is -0.122. The summed E-state index contributed by atoms with van der Waals surface area (Å²) in [6.07, 6.45) is 0.216. The summed E-state index contributed by atoms with van der Waals surface area (Å²) in [5, 5.41) is 2.93. The third kappa shape index (κ3) is 4.61. The molecule has 1 fully saturated rings. The SMILES string of the molecule is Cc1ccc(Oc2ccc(NC(=O)[C@H]3CC(=O)N(c4cccc(C)c4C)C3)cc2)cc1. The Labute approximate surface area is 182 Å². The minimum atomic E-state index is -0.379. The van der Waals surface area contributed by atoms with E-state index in [1.165, 1.54) is 5.56 Å². The van der Waals surface area contributed by atoms with Gasteiger partial charge in [0.1, 0.15) is 11.5 Å². The average molecular weight is 415 g/mol. The molecule has 1 heterocycles. The summed E-state index contributed by atoms with van der Waals surface area (Å²) in [4.78, 5) is 27.1. The number of nitrogens with zero attached hydrogens (tertiary/aromatic N) is 1. The highest BCUT2D eigenvalue weighted by Crippen LogP contribution is 2.30. The van der Waals surface area contributed by atoms with Crippen LogP contribution in [0.1, 0.15) is 23.1 Å². The maximum atomic E-state index is 12.8. The van der Waals surface area contributed by atoms with Crippen LogP contribution in [0, 0.1) is 26.7 Å². The molecule has 5 nitrogen and oxygen atoms in total. The van der Waals surface area contributed by atoms with E-state index in [4.69, 9.17) is 4.74 Å². The van der Waals surface area contributed by atoms with Crippen molar-refractivity contribution >= 4 is 23.2 Å². The van der Waals surface area contributed by atoms with E-state index in [0.717, 1.165) is 22.6 Å². The van der Waals surface area contributed by atoms with Crippen molar-refractivity contribution in [3.63, 3.8) is 0 Å². The number of carbonyl (C=O) groups excluding carboxylic acids is 2. The Hall–Kier alpha value is -3.60. The molecule has 0 aliphatic carbocycles. The second-order valence-electron chi connectivity index (χ2n) is 8.05. The average Bonchev–Trinajstić information content (AvgIpc) is 3.15. The molecule has 1 saturated heterocycles. The molecule has 1 N–H and O–H groups in total. The molecule has 4 rings (SSSR count). The number of benzene rings is 3. The molecule has 1 aliphatic rings. The van der Waals surface area contributed by atoms with Gasteiger partial charge in [-0.15, -0.1) is 0 Å². The van der Waals surface area contributed by atoms with Gasteiger partial charge in [0.25, 0.3) is 0 Å². The van der Waals surface area contributed by atoms with Crippen LogP contribution in [0.25, 0.3) is 0 Å². The summed E-state index contributed by atoms with van der Waals surface area (Å²) in [6.45, 7) is 6.45. The van der Waals surface area contributed by atoms with Gasteiger partial charge in [-0.3, -0.25) is 9.59 Å². The Morgan fingerprint density at radius 2 is 1.58 bits per heavy atom. The molecular weight excluding hydrogens is 388 g/mol. The number of aryl methyl sites for hydroxylation is 2. The first kappa shape index (κ1) is 20.7. The lowest BCUT2D eigenvalue weighted by atomic mass is 10.1. The molecule has 0 aromatic heterocycles. The first-order chi connectivity index (χ1) is 14.9. The topological polar surface area (TPSA) is 58.6 Å². The number of hydrogen-bond acceptors (Lipinski definition) is 3. The second-order valence-corrected chi connectivity index (χ2v) is 8.05. The van der Waals surface area contributed by atoms with Gasteiger partial charge in [-0.05, 0) is 74.4 Å². The highest BCUT2D eigenvalue weighted by molar-refractivity contribution is 6.03. The normalized spacial score (nSPS) is 15.8. The van der Waals surface area contributed by atoms with Gasteiger partial charge in [0.05, 0.1) is 5.92 Å². The summed E-state index contributed by atoms with van der Waals surface area (Å²) in [6, 6.07) is 21.0. The molecule has 31 heavy (non-hydrogen) atoms. The molecule has 3 aromatic rings. The summed E-state index contributed by atoms with van der Waals surface area (Å²) < 4.78 is 5.83. The van der Waals surface area contributed by atoms with E-state index < -0.39 is 0 Å². The Bertz CT molecular complexity index is 1100. The van der Waals surface area contributed by atoms with E-state index in [-0.39, 0.29) is 24.2 Å². The molecule has 0 radical (unpaired) electrons. The third-order valence-corrected chi connectivity index (χ3v) is 5.74. The van der Waals surface area contributed by atoms with Gasteiger partial charge in [0, 0.05) is 24.3 Å². The number of nitrogens with one attached hydrogen (secondary N) is 1. The van der Waals surface area contributed by atoms with E-state index >= 15 is 0 Å². The van der Waals surface area contributed by atoms with Crippen molar-refractivity contribution in [2.24, 2.45) is 5.92 Å². The van der Waals surface area contributed by atoms with E-state index in [9.17, 15) is 9.59 Å². The van der Waals surface area contributed by atoms with E-state index in [0.29, 0.717) is 18.0 Å². The maximum Gasteiger partial charge on any atom is 0.229 e. The van der Waals surface area contributed by atoms with Gasteiger partial charge < -0.3 is 15.0 Å². The van der Waals surface area contributed by atoms with Crippen molar-refractivity contribution in [3.8, 4) is 11.5 Å². The molecule has 1 atom stereocenters. The Balaban J connectivity index is 1.38. The first-order valence-corrected chi connectivity index (χ1v) is 10.4. The molecule has 1 aliphatic heterocycles. The minimum absolute atomic E-state index is 0.0179. The van der Waals surface area contributed by atoms with Crippen LogP contribution in [-0.4, -0.2) is 18.4 Å².